The van der Waals surface area contributed by atoms with Crippen LogP contribution in [0.4, 0.5) is 5.69 Å². The summed E-state index contributed by atoms with van der Waals surface area (Å²) < 4.78 is 0. The van der Waals surface area contributed by atoms with Gasteiger partial charge in [-0.2, -0.15) is 0 Å². The van der Waals surface area contributed by atoms with Crippen molar-refractivity contribution in [3.05, 3.63) is 29.8 Å². The average molecular weight is 235 g/mol. The maximum absolute atomic E-state index is 11.2. The van der Waals surface area contributed by atoms with Crippen LogP contribution in [0.25, 0.3) is 0 Å². The van der Waals surface area contributed by atoms with Gasteiger partial charge in [0, 0.05) is 5.69 Å². The molecule has 0 spiro atoms. The highest BCUT2D eigenvalue weighted by Gasteiger charge is 2.14. The minimum atomic E-state index is -0.870. The second-order valence-electron chi connectivity index (χ2n) is 4.75. The standard InChI is InChI=1S/C12H17N3O2/c1-12(2,3)8-4-6-9(7-5-8)14-10(16)11(17)15-13/h4-7H,13H2,1-3H3,(H,14,16)(H,15,17). The van der Waals surface area contributed by atoms with E-state index in [1.807, 2.05) is 12.1 Å². The summed E-state index contributed by atoms with van der Waals surface area (Å²) in [6.45, 7) is 6.30. The molecule has 0 atom stereocenters. The Bertz CT molecular complexity index is 418. The van der Waals surface area contributed by atoms with Crippen LogP contribution >= 0.6 is 0 Å². The maximum atomic E-state index is 11.2. The van der Waals surface area contributed by atoms with E-state index in [-0.39, 0.29) is 5.41 Å². The normalized spacial score (nSPS) is 10.8. The zero-order valence-electron chi connectivity index (χ0n) is 10.2. The van der Waals surface area contributed by atoms with E-state index in [1.54, 1.807) is 17.6 Å². The van der Waals surface area contributed by atoms with Crippen molar-refractivity contribution in [1.29, 1.82) is 0 Å². The molecular formula is C12H17N3O2. The lowest BCUT2D eigenvalue weighted by atomic mass is 9.87. The number of hydrazine groups is 1. The second kappa shape index (κ2) is 4.97. The minimum absolute atomic E-state index is 0.0528. The van der Waals surface area contributed by atoms with E-state index in [0.717, 1.165) is 5.56 Å². The highest BCUT2D eigenvalue weighted by Crippen LogP contribution is 2.23. The van der Waals surface area contributed by atoms with Crippen molar-refractivity contribution >= 4 is 17.5 Å². The summed E-state index contributed by atoms with van der Waals surface area (Å²) in [4.78, 5) is 22.1. The fourth-order valence-electron chi connectivity index (χ4n) is 1.31. The molecule has 2 amide bonds. The van der Waals surface area contributed by atoms with Gasteiger partial charge in [-0.15, -0.1) is 0 Å². The summed E-state index contributed by atoms with van der Waals surface area (Å²) in [6.07, 6.45) is 0. The predicted molar refractivity (Wildman–Crippen MR) is 66.1 cm³/mol. The van der Waals surface area contributed by atoms with Gasteiger partial charge in [0.05, 0.1) is 0 Å². The third kappa shape index (κ3) is 3.57. The van der Waals surface area contributed by atoms with Crippen LogP contribution in [0.2, 0.25) is 0 Å². The summed E-state index contributed by atoms with van der Waals surface area (Å²) in [5.41, 5.74) is 3.54. The van der Waals surface area contributed by atoms with E-state index in [9.17, 15) is 9.59 Å². The van der Waals surface area contributed by atoms with Crippen molar-refractivity contribution in [2.75, 3.05) is 5.32 Å². The van der Waals surface area contributed by atoms with Gasteiger partial charge in [0.15, 0.2) is 0 Å². The number of hydrogen-bond donors (Lipinski definition) is 3. The third-order valence-electron chi connectivity index (χ3n) is 2.35. The van der Waals surface area contributed by atoms with E-state index < -0.39 is 11.8 Å². The van der Waals surface area contributed by atoms with Crippen LogP contribution in [0.1, 0.15) is 26.3 Å². The topological polar surface area (TPSA) is 84.2 Å². The SMILES string of the molecule is CC(C)(C)c1ccc(NC(=O)C(=O)NN)cc1. The second-order valence-corrected chi connectivity index (χ2v) is 4.75. The van der Waals surface area contributed by atoms with E-state index in [4.69, 9.17) is 5.84 Å². The molecule has 0 aliphatic heterocycles. The molecule has 1 aromatic carbocycles. The first kappa shape index (κ1) is 13.2. The summed E-state index contributed by atoms with van der Waals surface area (Å²) in [6, 6.07) is 7.33. The van der Waals surface area contributed by atoms with Crippen molar-refractivity contribution in [2.45, 2.75) is 26.2 Å². The van der Waals surface area contributed by atoms with Gasteiger partial charge in [0.1, 0.15) is 0 Å². The number of carbonyl (C=O) groups is 2. The smallest absolute Gasteiger partial charge is 0.318 e. The van der Waals surface area contributed by atoms with Gasteiger partial charge in [-0.3, -0.25) is 15.0 Å². The van der Waals surface area contributed by atoms with Crippen LogP contribution in [0.15, 0.2) is 24.3 Å². The number of rotatable bonds is 1. The van der Waals surface area contributed by atoms with Gasteiger partial charge in [0.2, 0.25) is 0 Å². The molecule has 17 heavy (non-hydrogen) atoms. The molecule has 1 aromatic rings. The molecule has 0 aliphatic rings. The lowest BCUT2D eigenvalue weighted by Crippen LogP contribution is -2.39. The molecule has 0 heterocycles. The number of nitrogens with one attached hydrogen (secondary N) is 2. The predicted octanol–water partition coefficient (Wildman–Crippen LogP) is 0.912. The van der Waals surface area contributed by atoms with Crippen molar-refractivity contribution in [3.63, 3.8) is 0 Å². The van der Waals surface area contributed by atoms with Crippen molar-refractivity contribution in [3.8, 4) is 0 Å². The fraction of sp³-hybridized carbons (Fsp3) is 0.333. The third-order valence-corrected chi connectivity index (χ3v) is 2.35. The Balaban J connectivity index is 2.76. The van der Waals surface area contributed by atoms with Crippen LogP contribution in [-0.2, 0) is 15.0 Å². The summed E-state index contributed by atoms with van der Waals surface area (Å²) in [5, 5.41) is 2.44. The van der Waals surface area contributed by atoms with Crippen LogP contribution in [-0.4, -0.2) is 11.8 Å². The minimum Gasteiger partial charge on any atom is -0.318 e. The molecule has 5 nitrogen and oxygen atoms in total. The van der Waals surface area contributed by atoms with Crippen molar-refractivity contribution in [1.82, 2.24) is 5.43 Å². The molecular weight excluding hydrogens is 218 g/mol. The number of amides is 2. The Kier molecular flexibility index (Phi) is 3.85. The van der Waals surface area contributed by atoms with Crippen LogP contribution in [0, 0.1) is 0 Å². The highest BCUT2D eigenvalue weighted by molar-refractivity contribution is 6.39. The molecule has 0 bridgehead atoms. The number of benzene rings is 1. The Morgan fingerprint density at radius 1 is 1.06 bits per heavy atom. The van der Waals surface area contributed by atoms with E-state index in [2.05, 4.69) is 26.1 Å². The van der Waals surface area contributed by atoms with E-state index in [0.29, 0.717) is 5.69 Å². The molecule has 0 saturated heterocycles. The van der Waals surface area contributed by atoms with Gasteiger partial charge in [-0.25, -0.2) is 5.84 Å². The number of hydrogen-bond acceptors (Lipinski definition) is 3. The number of nitrogens with two attached hydrogens (primary N) is 1. The van der Waals surface area contributed by atoms with Gasteiger partial charge in [-0.1, -0.05) is 32.9 Å². The molecule has 92 valence electrons. The van der Waals surface area contributed by atoms with Gasteiger partial charge in [-0.05, 0) is 23.1 Å². The molecule has 0 unspecified atom stereocenters. The Morgan fingerprint density at radius 3 is 2.00 bits per heavy atom. The van der Waals surface area contributed by atoms with E-state index >= 15 is 0 Å². The van der Waals surface area contributed by atoms with Crippen LogP contribution < -0.4 is 16.6 Å². The van der Waals surface area contributed by atoms with Gasteiger partial charge in [0.25, 0.3) is 0 Å². The molecule has 0 saturated carbocycles. The van der Waals surface area contributed by atoms with Gasteiger partial charge >= 0.3 is 11.8 Å². The molecule has 0 radical (unpaired) electrons. The molecule has 4 N–H and O–H groups in total. The number of carbonyl (C=O) groups excluding carboxylic acids is 2. The first-order chi connectivity index (χ1) is 7.84. The summed E-state index contributed by atoms with van der Waals surface area (Å²) in [7, 11) is 0. The average Bonchev–Trinajstić information content (AvgIpc) is 2.27. The Morgan fingerprint density at radius 2 is 1.59 bits per heavy atom. The first-order valence-electron chi connectivity index (χ1n) is 5.27. The van der Waals surface area contributed by atoms with Crippen molar-refractivity contribution < 1.29 is 9.59 Å². The zero-order valence-corrected chi connectivity index (χ0v) is 10.2. The molecule has 5 heteroatoms. The summed E-state index contributed by atoms with van der Waals surface area (Å²) >= 11 is 0. The fourth-order valence-corrected chi connectivity index (χ4v) is 1.31. The van der Waals surface area contributed by atoms with E-state index in [1.165, 1.54) is 0 Å². The Labute approximate surface area is 100 Å². The maximum Gasteiger partial charge on any atom is 0.323 e. The zero-order chi connectivity index (χ0) is 13.1. The molecule has 0 fully saturated rings. The van der Waals surface area contributed by atoms with Crippen LogP contribution in [0.5, 0.6) is 0 Å². The van der Waals surface area contributed by atoms with Crippen molar-refractivity contribution in [2.24, 2.45) is 5.84 Å². The van der Waals surface area contributed by atoms with Gasteiger partial charge < -0.3 is 5.32 Å². The van der Waals surface area contributed by atoms with Crippen LogP contribution in [0.3, 0.4) is 0 Å². The molecule has 1 rings (SSSR count). The lowest BCUT2D eigenvalue weighted by molar-refractivity contribution is -0.136. The summed E-state index contributed by atoms with van der Waals surface area (Å²) in [5.74, 6) is 3.20. The largest absolute Gasteiger partial charge is 0.323 e. The monoisotopic (exact) mass is 235 g/mol. The number of anilines is 1. The molecule has 0 aromatic heterocycles. The first-order valence-corrected chi connectivity index (χ1v) is 5.27. The highest BCUT2D eigenvalue weighted by atomic mass is 16.2. The lowest BCUT2D eigenvalue weighted by Gasteiger charge is -2.19. The quantitative estimate of drug-likeness (QED) is 0.293. The molecule has 0 aliphatic carbocycles. The Hall–Kier alpha value is -1.88.